The van der Waals surface area contributed by atoms with Gasteiger partial charge in [0.25, 0.3) is 11.6 Å². The highest BCUT2D eigenvalue weighted by Crippen LogP contribution is 2.30. The van der Waals surface area contributed by atoms with E-state index in [4.69, 9.17) is 9.47 Å². The summed E-state index contributed by atoms with van der Waals surface area (Å²) in [5.41, 5.74) is 3.84. The van der Waals surface area contributed by atoms with Gasteiger partial charge in [0.15, 0.2) is 11.5 Å². The van der Waals surface area contributed by atoms with E-state index in [1.807, 2.05) is 38.1 Å². The molecule has 0 aromatic heterocycles. The third-order valence-corrected chi connectivity index (χ3v) is 5.05. The number of methoxy groups -OCH3 is 1. The van der Waals surface area contributed by atoms with Crippen LogP contribution in [0.3, 0.4) is 0 Å². The number of anilines is 1. The molecule has 0 saturated heterocycles. The van der Waals surface area contributed by atoms with Crippen molar-refractivity contribution < 1.29 is 19.2 Å². The van der Waals surface area contributed by atoms with Crippen LogP contribution in [0, 0.1) is 35.3 Å². The van der Waals surface area contributed by atoms with Crippen LogP contribution in [0.25, 0.3) is 6.08 Å². The molecule has 3 rings (SSSR count). The number of nitrogens with one attached hydrogen (secondary N) is 1. The zero-order valence-corrected chi connectivity index (χ0v) is 19.0. The van der Waals surface area contributed by atoms with Gasteiger partial charge in [-0.2, -0.15) is 5.26 Å². The number of non-ortho nitro benzene ring substituents is 1. The minimum atomic E-state index is -0.506. The SMILES string of the molecule is COc1cc(/C=C(/C#N)C(=O)Nc2cc(C)ccc2C)ccc1OCc1ccc([N+](=O)[O-])cc1. The predicted octanol–water partition coefficient (Wildman–Crippen LogP) is 5.34. The van der Waals surface area contributed by atoms with Gasteiger partial charge in [-0.3, -0.25) is 14.9 Å². The molecule has 1 N–H and O–H groups in total. The lowest BCUT2D eigenvalue weighted by Crippen LogP contribution is -2.14. The smallest absolute Gasteiger partial charge is 0.269 e. The minimum Gasteiger partial charge on any atom is -0.493 e. The van der Waals surface area contributed by atoms with Gasteiger partial charge in [0.05, 0.1) is 12.0 Å². The molecule has 0 radical (unpaired) electrons. The van der Waals surface area contributed by atoms with E-state index in [1.165, 1.54) is 25.3 Å². The van der Waals surface area contributed by atoms with Gasteiger partial charge in [0.2, 0.25) is 0 Å². The molecular formula is C26H23N3O5. The normalized spacial score (nSPS) is 10.8. The number of nitriles is 1. The summed E-state index contributed by atoms with van der Waals surface area (Å²) in [4.78, 5) is 23.0. The molecular weight excluding hydrogens is 434 g/mol. The number of carbonyl (C=O) groups excluding carboxylic acids is 1. The summed E-state index contributed by atoms with van der Waals surface area (Å²) in [5.74, 6) is 0.368. The molecule has 0 aliphatic heterocycles. The topological polar surface area (TPSA) is 114 Å². The molecule has 172 valence electrons. The van der Waals surface area contributed by atoms with Crippen molar-refractivity contribution in [2.45, 2.75) is 20.5 Å². The number of nitro benzene ring substituents is 1. The Hall–Kier alpha value is -4.64. The van der Waals surface area contributed by atoms with Crippen LogP contribution in [0.4, 0.5) is 11.4 Å². The minimum absolute atomic E-state index is 0.00682. The third kappa shape index (κ3) is 5.99. The molecule has 0 atom stereocenters. The average molecular weight is 457 g/mol. The van der Waals surface area contributed by atoms with Gasteiger partial charge in [-0.25, -0.2) is 0 Å². The first-order chi connectivity index (χ1) is 16.3. The Morgan fingerprint density at radius 2 is 1.82 bits per heavy atom. The quantitative estimate of drug-likeness (QED) is 0.211. The summed E-state index contributed by atoms with van der Waals surface area (Å²) < 4.78 is 11.2. The molecule has 0 aliphatic rings. The fraction of sp³-hybridized carbons (Fsp3) is 0.154. The lowest BCUT2D eigenvalue weighted by atomic mass is 10.1. The first kappa shape index (κ1) is 24.0. The highest BCUT2D eigenvalue weighted by molar-refractivity contribution is 6.10. The summed E-state index contributed by atoms with van der Waals surface area (Å²) in [5, 5.41) is 23.1. The largest absolute Gasteiger partial charge is 0.493 e. The molecule has 0 spiro atoms. The van der Waals surface area contributed by atoms with Crippen molar-refractivity contribution in [1.29, 1.82) is 5.26 Å². The molecule has 8 nitrogen and oxygen atoms in total. The van der Waals surface area contributed by atoms with E-state index in [9.17, 15) is 20.2 Å². The molecule has 1 amide bonds. The zero-order chi connectivity index (χ0) is 24.7. The maximum absolute atomic E-state index is 12.7. The van der Waals surface area contributed by atoms with Crippen molar-refractivity contribution >= 4 is 23.4 Å². The van der Waals surface area contributed by atoms with E-state index in [-0.39, 0.29) is 17.9 Å². The highest BCUT2D eigenvalue weighted by Gasteiger charge is 2.13. The molecule has 0 saturated carbocycles. The maximum atomic E-state index is 12.7. The summed E-state index contributed by atoms with van der Waals surface area (Å²) in [6.45, 7) is 3.99. The Bertz CT molecular complexity index is 1290. The summed E-state index contributed by atoms with van der Waals surface area (Å²) >= 11 is 0. The summed E-state index contributed by atoms with van der Waals surface area (Å²) in [6.07, 6.45) is 1.48. The fourth-order valence-electron chi connectivity index (χ4n) is 3.14. The van der Waals surface area contributed by atoms with Crippen LogP contribution in [0.5, 0.6) is 11.5 Å². The van der Waals surface area contributed by atoms with Crippen LogP contribution in [0.2, 0.25) is 0 Å². The van der Waals surface area contributed by atoms with Crippen LogP contribution in [0.15, 0.2) is 66.2 Å². The Morgan fingerprint density at radius 1 is 1.09 bits per heavy atom. The second kappa shape index (κ2) is 10.8. The number of rotatable bonds is 8. The van der Waals surface area contributed by atoms with Gasteiger partial charge in [0.1, 0.15) is 18.2 Å². The number of hydrogen-bond acceptors (Lipinski definition) is 6. The summed E-state index contributed by atoms with van der Waals surface area (Å²) in [7, 11) is 1.49. The number of aryl methyl sites for hydroxylation is 2. The molecule has 3 aromatic rings. The van der Waals surface area contributed by atoms with Crippen LogP contribution < -0.4 is 14.8 Å². The third-order valence-electron chi connectivity index (χ3n) is 5.05. The molecule has 0 heterocycles. The molecule has 3 aromatic carbocycles. The lowest BCUT2D eigenvalue weighted by molar-refractivity contribution is -0.384. The van der Waals surface area contributed by atoms with E-state index in [2.05, 4.69) is 5.32 Å². The van der Waals surface area contributed by atoms with E-state index >= 15 is 0 Å². The first-order valence-corrected chi connectivity index (χ1v) is 10.3. The van der Waals surface area contributed by atoms with Crippen molar-refractivity contribution in [3.63, 3.8) is 0 Å². The molecule has 0 bridgehead atoms. The second-order valence-electron chi connectivity index (χ2n) is 7.56. The summed E-state index contributed by atoms with van der Waals surface area (Å²) in [6, 6.07) is 18.8. The van der Waals surface area contributed by atoms with Crippen LogP contribution >= 0.6 is 0 Å². The number of carbonyl (C=O) groups is 1. The van der Waals surface area contributed by atoms with Crippen molar-refractivity contribution in [1.82, 2.24) is 0 Å². The predicted molar refractivity (Wildman–Crippen MR) is 129 cm³/mol. The van der Waals surface area contributed by atoms with Crippen LogP contribution in [-0.2, 0) is 11.4 Å². The van der Waals surface area contributed by atoms with Crippen LogP contribution in [0.1, 0.15) is 22.3 Å². The standard InChI is InChI=1S/C26H23N3O5/c1-17-4-5-18(2)23(12-17)28-26(30)21(15-27)13-20-8-11-24(25(14-20)33-3)34-16-19-6-9-22(10-7-19)29(31)32/h4-14H,16H2,1-3H3,(H,28,30)/b21-13-. The second-order valence-corrected chi connectivity index (χ2v) is 7.56. The fourth-order valence-corrected chi connectivity index (χ4v) is 3.14. The van der Waals surface area contributed by atoms with E-state index in [1.54, 1.807) is 30.3 Å². The Kier molecular flexibility index (Phi) is 7.62. The van der Waals surface area contributed by atoms with Crippen molar-refractivity contribution in [3.05, 3.63) is 98.6 Å². The van der Waals surface area contributed by atoms with Crippen molar-refractivity contribution in [2.75, 3.05) is 12.4 Å². The van der Waals surface area contributed by atoms with E-state index in [0.29, 0.717) is 22.7 Å². The number of nitrogens with zero attached hydrogens (tertiary/aromatic N) is 2. The van der Waals surface area contributed by atoms with Gasteiger partial charge in [0, 0.05) is 17.8 Å². The maximum Gasteiger partial charge on any atom is 0.269 e. The monoisotopic (exact) mass is 457 g/mol. The van der Waals surface area contributed by atoms with Gasteiger partial charge in [-0.15, -0.1) is 0 Å². The number of benzene rings is 3. The zero-order valence-electron chi connectivity index (χ0n) is 19.0. The molecule has 34 heavy (non-hydrogen) atoms. The number of hydrogen-bond donors (Lipinski definition) is 1. The number of ether oxygens (including phenoxy) is 2. The first-order valence-electron chi connectivity index (χ1n) is 10.3. The molecule has 8 heteroatoms. The Balaban J connectivity index is 1.75. The van der Waals surface area contributed by atoms with E-state index in [0.717, 1.165) is 16.7 Å². The average Bonchev–Trinajstić information content (AvgIpc) is 2.83. The van der Waals surface area contributed by atoms with Gasteiger partial charge in [-0.05, 0) is 72.5 Å². The molecule has 0 unspecified atom stereocenters. The number of amides is 1. The Labute approximate surface area is 197 Å². The molecule has 0 aliphatic carbocycles. The van der Waals surface area contributed by atoms with Gasteiger partial charge >= 0.3 is 0 Å². The number of nitro groups is 1. The van der Waals surface area contributed by atoms with Crippen molar-refractivity contribution in [2.24, 2.45) is 0 Å². The highest BCUT2D eigenvalue weighted by atomic mass is 16.6. The lowest BCUT2D eigenvalue weighted by Gasteiger charge is -2.12. The van der Waals surface area contributed by atoms with Gasteiger partial charge < -0.3 is 14.8 Å². The van der Waals surface area contributed by atoms with Crippen molar-refractivity contribution in [3.8, 4) is 17.6 Å². The van der Waals surface area contributed by atoms with Crippen LogP contribution in [-0.4, -0.2) is 17.9 Å². The van der Waals surface area contributed by atoms with E-state index < -0.39 is 10.8 Å². The molecule has 0 fully saturated rings. The Morgan fingerprint density at radius 3 is 2.47 bits per heavy atom. The van der Waals surface area contributed by atoms with Gasteiger partial charge in [-0.1, -0.05) is 18.2 Å².